The van der Waals surface area contributed by atoms with E-state index in [0.717, 1.165) is 44.2 Å². The number of nitrogens with zero attached hydrogens (tertiary/aromatic N) is 3. The van der Waals surface area contributed by atoms with Gasteiger partial charge in [-0.1, -0.05) is 13.8 Å². The molecule has 1 aromatic rings. The van der Waals surface area contributed by atoms with Crippen molar-refractivity contribution in [1.29, 1.82) is 0 Å². The third-order valence-electron chi connectivity index (χ3n) is 7.73. The molecule has 0 spiro atoms. The molecule has 2 N–H and O–H groups in total. The average Bonchev–Trinajstić information content (AvgIpc) is 3.32. The highest BCUT2D eigenvalue weighted by Crippen LogP contribution is 2.44. The lowest BCUT2D eigenvalue weighted by atomic mass is 9.64. The smallest absolute Gasteiger partial charge is 0.243 e. The number of aliphatic imine (C=N–C) groups is 2. The molecule has 1 saturated heterocycles. The van der Waals surface area contributed by atoms with Crippen LogP contribution in [0.15, 0.2) is 28.2 Å². The predicted molar refractivity (Wildman–Crippen MR) is 141 cm³/mol. The number of piperidine rings is 1. The summed E-state index contributed by atoms with van der Waals surface area (Å²) < 4.78 is 27.5. The molecule has 1 aromatic carbocycles. The Balaban J connectivity index is 1.43. The number of halogens is 2. The molecule has 206 valence electrons. The maximum absolute atomic E-state index is 14.2. The lowest BCUT2D eigenvalue weighted by molar-refractivity contribution is -0.140. The zero-order valence-corrected chi connectivity index (χ0v) is 22.5. The third kappa shape index (κ3) is 6.45. The molecule has 2 heterocycles. The number of nitrogens with one attached hydrogen (secondary N) is 2. The molecule has 3 atom stereocenters. The number of carbonyl (C=O) groups is 3. The van der Waals surface area contributed by atoms with Gasteiger partial charge in [0.05, 0.1) is 24.7 Å². The van der Waals surface area contributed by atoms with Crippen molar-refractivity contribution in [2.45, 2.75) is 84.3 Å². The molecule has 4 rings (SSSR count). The Morgan fingerprint density at radius 1 is 1.16 bits per heavy atom. The van der Waals surface area contributed by atoms with Crippen LogP contribution in [0.2, 0.25) is 0 Å². The summed E-state index contributed by atoms with van der Waals surface area (Å²) in [7, 11) is 0. The molecule has 2 fully saturated rings. The molecule has 0 unspecified atom stereocenters. The number of hydrogen-bond acceptors (Lipinski definition) is 5. The van der Waals surface area contributed by atoms with Crippen LogP contribution in [0, 0.1) is 23.0 Å². The lowest BCUT2D eigenvalue weighted by Gasteiger charge is -2.42. The number of amidine groups is 1. The van der Waals surface area contributed by atoms with Gasteiger partial charge in [0.2, 0.25) is 17.7 Å². The van der Waals surface area contributed by atoms with Gasteiger partial charge in [-0.3, -0.25) is 19.4 Å². The minimum Gasteiger partial charge on any atom is -0.345 e. The minimum absolute atomic E-state index is 0.0909. The summed E-state index contributed by atoms with van der Waals surface area (Å²) in [6, 6.07) is 1.67. The molecule has 0 aromatic heterocycles. The van der Waals surface area contributed by atoms with Crippen LogP contribution in [0.1, 0.15) is 71.8 Å². The predicted octanol–water partition coefficient (Wildman–Crippen LogP) is 3.38. The van der Waals surface area contributed by atoms with Crippen LogP contribution in [0.25, 0.3) is 0 Å². The summed E-state index contributed by atoms with van der Waals surface area (Å²) in [5, 5.41) is 5.64. The second-order valence-corrected chi connectivity index (χ2v) is 11.6. The summed E-state index contributed by atoms with van der Waals surface area (Å²) in [6.07, 6.45) is 4.23. The van der Waals surface area contributed by atoms with E-state index in [1.165, 1.54) is 6.07 Å². The van der Waals surface area contributed by atoms with Crippen molar-refractivity contribution in [3.63, 3.8) is 0 Å². The van der Waals surface area contributed by atoms with Gasteiger partial charge < -0.3 is 15.5 Å². The summed E-state index contributed by atoms with van der Waals surface area (Å²) in [5.41, 5.74) is 0.581. The highest BCUT2D eigenvalue weighted by Gasteiger charge is 2.42. The van der Waals surface area contributed by atoms with E-state index in [2.05, 4.69) is 34.5 Å². The van der Waals surface area contributed by atoms with E-state index >= 15 is 0 Å². The van der Waals surface area contributed by atoms with Gasteiger partial charge in [-0.25, -0.2) is 13.8 Å². The second-order valence-electron chi connectivity index (χ2n) is 11.6. The van der Waals surface area contributed by atoms with Crippen LogP contribution < -0.4 is 10.6 Å². The van der Waals surface area contributed by atoms with Crippen molar-refractivity contribution in [3.8, 4) is 0 Å². The van der Waals surface area contributed by atoms with Crippen molar-refractivity contribution < 1.29 is 23.2 Å². The molecule has 0 bridgehead atoms. The number of amides is 3. The first-order valence-electron chi connectivity index (χ1n) is 13.4. The Bertz CT molecular complexity index is 1160. The van der Waals surface area contributed by atoms with Crippen molar-refractivity contribution in [3.05, 3.63) is 35.4 Å². The molecule has 1 saturated carbocycles. The fourth-order valence-electron chi connectivity index (χ4n) is 5.57. The first kappa shape index (κ1) is 27.9. The fraction of sp³-hybridized carbons (Fsp3) is 0.607. The van der Waals surface area contributed by atoms with Crippen molar-refractivity contribution in [2.75, 3.05) is 13.1 Å². The van der Waals surface area contributed by atoms with E-state index in [0.29, 0.717) is 18.1 Å². The normalized spacial score (nSPS) is 22.6. The summed E-state index contributed by atoms with van der Waals surface area (Å²) in [5.74, 6) is -2.19. The second kappa shape index (κ2) is 11.3. The van der Waals surface area contributed by atoms with Crippen molar-refractivity contribution >= 4 is 29.3 Å². The SMILES string of the molecule is C[C@H](NC(=O)[C@H](CC(=O)N1CCCC[C@@H]1C)NC(=O)C1CC(C)(C)C1)C1=NCC(c2ccc(F)cc2F)=N1. The van der Waals surface area contributed by atoms with Gasteiger partial charge in [-0.15, -0.1) is 0 Å². The number of benzene rings is 1. The Morgan fingerprint density at radius 3 is 2.55 bits per heavy atom. The van der Waals surface area contributed by atoms with Gasteiger partial charge in [0, 0.05) is 30.1 Å². The number of hydrogen-bond donors (Lipinski definition) is 2. The summed E-state index contributed by atoms with van der Waals surface area (Å²) in [6.45, 7) is 8.62. The maximum Gasteiger partial charge on any atom is 0.243 e. The van der Waals surface area contributed by atoms with Gasteiger partial charge in [0.15, 0.2) is 0 Å². The molecule has 1 aliphatic carbocycles. The molecule has 38 heavy (non-hydrogen) atoms. The topological polar surface area (TPSA) is 103 Å². The number of carbonyl (C=O) groups excluding carboxylic acids is 3. The highest BCUT2D eigenvalue weighted by molar-refractivity contribution is 6.14. The Labute approximate surface area is 222 Å². The van der Waals surface area contributed by atoms with Crippen molar-refractivity contribution in [2.24, 2.45) is 21.3 Å². The monoisotopic (exact) mass is 529 g/mol. The van der Waals surface area contributed by atoms with E-state index < -0.39 is 29.6 Å². The zero-order valence-electron chi connectivity index (χ0n) is 22.5. The standard InChI is InChI=1S/C28H37F2N5O3/c1-16-7-5-6-10-35(16)24(36)12-22(34-26(37)18-13-28(3,4)14-18)27(38)32-17(2)25-31-15-23(33-25)20-9-8-19(29)11-21(20)30/h8-9,11,16-18,22H,5-7,10,12-15H2,1-4H3,(H,32,38)(H,34,37)/t16-,17-,22-/m0/s1. The van der Waals surface area contributed by atoms with Crippen LogP contribution in [-0.4, -0.2) is 65.4 Å². The molecule has 0 radical (unpaired) electrons. The van der Waals surface area contributed by atoms with Gasteiger partial charge in [-0.05, 0) is 63.5 Å². The summed E-state index contributed by atoms with van der Waals surface area (Å²) in [4.78, 5) is 49.9. The van der Waals surface area contributed by atoms with Crippen molar-refractivity contribution in [1.82, 2.24) is 15.5 Å². The van der Waals surface area contributed by atoms with E-state index in [9.17, 15) is 23.2 Å². The Morgan fingerprint density at radius 2 is 1.89 bits per heavy atom. The molecular weight excluding hydrogens is 492 g/mol. The third-order valence-corrected chi connectivity index (χ3v) is 7.73. The molecule has 3 aliphatic rings. The quantitative estimate of drug-likeness (QED) is 0.540. The largest absolute Gasteiger partial charge is 0.345 e. The van der Waals surface area contributed by atoms with Crippen LogP contribution in [0.5, 0.6) is 0 Å². The molecule has 2 aliphatic heterocycles. The lowest BCUT2D eigenvalue weighted by Crippen LogP contribution is -2.55. The maximum atomic E-state index is 14.2. The number of likely N-dealkylation sites (tertiary alicyclic amines) is 1. The van der Waals surface area contributed by atoms with Gasteiger partial charge >= 0.3 is 0 Å². The van der Waals surface area contributed by atoms with Crippen LogP contribution in [0.4, 0.5) is 8.78 Å². The molecule has 8 nitrogen and oxygen atoms in total. The van der Waals surface area contributed by atoms with Crippen LogP contribution in [-0.2, 0) is 14.4 Å². The van der Waals surface area contributed by atoms with Gasteiger partial charge in [-0.2, -0.15) is 0 Å². The summed E-state index contributed by atoms with van der Waals surface area (Å²) >= 11 is 0. The molecular formula is C28H37F2N5O3. The first-order valence-corrected chi connectivity index (χ1v) is 13.4. The molecule has 10 heteroatoms. The van der Waals surface area contributed by atoms with Gasteiger partial charge in [0.25, 0.3) is 0 Å². The number of rotatable bonds is 8. The fourth-order valence-corrected chi connectivity index (χ4v) is 5.57. The van der Waals surface area contributed by atoms with Gasteiger partial charge in [0.1, 0.15) is 23.5 Å². The van der Waals surface area contributed by atoms with Crippen LogP contribution >= 0.6 is 0 Å². The first-order chi connectivity index (χ1) is 17.9. The minimum atomic E-state index is -1.03. The Kier molecular flexibility index (Phi) is 8.28. The highest BCUT2D eigenvalue weighted by atomic mass is 19.1. The van der Waals surface area contributed by atoms with E-state index in [1.807, 2.05) is 6.92 Å². The van der Waals surface area contributed by atoms with Crippen LogP contribution in [0.3, 0.4) is 0 Å². The average molecular weight is 530 g/mol. The zero-order chi connectivity index (χ0) is 27.6. The van der Waals surface area contributed by atoms with E-state index in [4.69, 9.17) is 0 Å². The van der Waals surface area contributed by atoms with E-state index in [1.54, 1.807) is 11.8 Å². The Hall–Kier alpha value is -3.17. The van der Waals surface area contributed by atoms with E-state index in [-0.39, 0.29) is 47.7 Å². The molecule has 3 amide bonds.